The first-order chi connectivity index (χ1) is 33.6. The molecule has 0 aliphatic carbocycles. The van der Waals surface area contributed by atoms with Crippen molar-refractivity contribution in [3.05, 3.63) is 183 Å². The van der Waals surface area contributed by atoms with E-state index in [9.17, 15) is 110 Å². The van der Waals surface area contributed by atoms with Crippen molar-refractivity contribution in [2.45, 2.75) is 62.6 Å². The molecule has 0 saturated heterocycles. The molecule has 28 heteroatoms. The Balaban J connectivity index is 0.000000500. The van der Waals surface area contributed by atoms with Gasteiger partial charge in [-0.1, -0.05) is 84.9 Å². The summed E-state index contributed by atoms with van der Waals surface area (Å²) in [6.07, 6.45) is -53.0. The van der Waals surface area contributed by atoms with Gasteiger partial charge in [0.2, 0.25) is 18.0 Å². The molecule has 5 aromatic carbocycles. The van der Waals surface area contributed by atoms with E-state index in [0.29, 0.717) is 5.56 Å². The summed E-state index contributed by atoms with van der Waals surface area (Å²) in [5.41, 5.74) is -28.8. The third-order valence-electron chi connectivity index (χ3n) is 11.0. The van der Waals surface area contributed by atoms with E-state index in [1.165, 1.54) is 0 Å². The van der Waals surface area contributed by atoms with Gasteiger partial charge < -0.3 is 5.11 Å². The molecule has 0 spiro atoms. The van der Waals surface area contributed by atoms with Crippen LogP contribution in [0.25, 0.3) is 0 Å². The van der Waals surface area contributed by atoms with Crippen LogP contribution >= 0.6 is 0 Å². The minimum absolute atomic E-state index is 0.0384. The SMILES string of the molecule is FC(F)(F)c1cc([B-](c2cc(C(F)(F)F)cc(C(F)(F)F)c2)(c2cc(C(F)(F)F)cc(C(F)(F)F)c2)c2cc(C(F)(F)F)cc(C(F)(F)F)c2)cc(C(F)(F)F)c1.O=C(C[n+]1ccccc1CO)c1ccccc1. The number of aliphatic hydroxyl groups is 1. The van der Waals surface area contributed by atoms with Crippen molar-refractivity contribution < 1.29 is 120 Å². The molecule has 0 aliphatic heterocycles. The lowest BCUT2D eigenvalue weighted by Crippen LogP contribution is -2.75. The van der Waals surface area contributed by atoms with E-state index in [4.69, 9.17) is 5.11 Å². The van der Waals surface area contributed by atoms with E-state index in [2.05, 4.69) is 0 Å². The molecule has 0 amide bonds. The Bertz CT molecular complexity index is 2540. The van der Waals surface area contributed by atoms with Crippen LogP contribution in [0.3, 0.4) is 0 Å². The van der Waals surface area contributed by atoms with Gasteiger partial charge in [0.1, 0.15) is 12.8 Å². The standard InChI is InChI=1S/C32H12BF24.C14H14NO2/c34-25(35,36)13-1-14(26(37,38)39)6-21(5-13)33(22-7-15(27(40,41)42)2-16(8-22)28(43,44)45,23-9-17(29(46,47)48)3-18(10-23)30(49,50)51)24-11-19(31(52,53)54)4-20(12-24)32(55,56)57;16-11-13-8-4-5-9-15(13)10-14(17)12-6-2-1-3-7-12/h1-12H;1-9,16H,10-11H2/q-1;+1. The lowest BCUT2D eigenvalue weighted by molar-refractivity contribution is -0.692. The van der Waals surface area contributed by atoms with Crippen molar-refractivity contribution in [3.8, 4) is 0 Å². The fourth-order valence-electron chi connectivity index (χ4n) is 7.75. The summed E-state index contributed by atoms with van der Waals surface area (Å²) in [6, 6.07) is 5.84. The molecule has 1 N–H and O–H groups in total. The van der Waals surface area contributed by atoms with Crippen molar-refractivity contribution in [1.29, 1.82) is 0 Å². The maximum atomic E-state index is 14.2. The minimum atomic E-state index is -6.13. The Kier molecular flexibility index (Phi) is 15.9. The average Bonchev–Trinajstić information content (AvgIpc) is 3.27. The largest absolute Gasteiger partial charge is 0.416 e. The molecule has 0 unspecified atom stereocenters. The van der Waals surface area contributed by atoms with Gasteiger partial charge in [-0.15, -0.1) is 0 Å². The van der Waals surface area contributed by atoms with Gasteiger partial charge in [0.25, 0.3) is 0 Å². The topological polar surface area (TPSA) is 41.2 Å². The highest BCUT2D eigenvalue weighted by Crippen LogP contribution is 2.41. The molecule has 6 aromatic rings. The highest BCUT2D eigenvalue weighted by Gasteiger charge is 2.47. The van der Waals surface area contributed by atoms with Crippen molar-refractivity contribution in [1.82, 2.24) is 0 Å². The number of carbonyl (C=O) groups is 1. The van der Waals surface area contributed by atoms with E-state index in [-0.39, 0.29) is 18.9 Å². The number of nitrogens with zero attached hydrogens (tertiary/aromatic N) is 1. The molecule has 0 aliphatic rings. The Morgan fingerprint density at radius 1 is 0.365 bits per heavy atom. The van der Waals surface area contributed by atoms with Gasteiger partial charge in [0.05, 0.1) is 44.5 Å². The number of alkyl halides is 24. The normalized spacial score (nSPS) is 13.4. The van der Waals surface area contributed by atoms with Crippen molar-refractivity contribution in [2.75, 3.05) is 0 Å². The number of carbonyl (C=O) groups excluding carboxylic acids is 1. The summed E-state index contributed by atoms with van der Waals surface area (Å²) in [6.45, 7) is 0.184. The zero-order valence-corrected chi connectivity index (χ0v) is 36.0. The van der Waals surface area contributed by atoms with Gasteiger partial charge in [0.15, 0.2) is 6.20 Å². The number of ketones is 1. The van der Waals surface area contributed by atoms with Crippen LogP contribution in [0.2, 0.25) is 0 Å². The summed E-state index contributed by atoms with van der Waals surface area (Å²) in [7, 11) is 0. The Morgan fingerprint density at radius 3 is 0.838 bits per heavy atom. The van der Waals surface area contributed by atoms with Crippen molar-refractivity contribution in [2.24, 2.45) is 0 Å². The highest BCUT2D eigenvalue weighted by molar-refractivity contribution is 7.20. The van der Waals surface area contributed by atoms with Crippen molar-refractivity contribution >= 4 is 33.8 Å². The van der Waals surface area contributed by atoms with Gasteiger partial charge in [-0.3, -0.25) is 4.79 Å². The van der Waals surface area contributed by atoms with Crippen LogP contribution in [-0.4, -0.2) is 17.0 Å². The molecule has 74 heavy (non-hydrogen) atoms. The van der Waals surface area contributed by atoms with Gasteiger partial charge in [-0.05, 0) is 24.3 Å². The number of halogens is 24. The van der Waals surface area contributed by atoms with Crippen LogP contribution in [-0.2, 0) is 62.6 Å². The van der Waals surface area contributed by atoms with E-state index < -0.39 is 195 Å². The number of hydrogen-bond donors (Lipinski definition) is 1. The van der Waals surface area contributed by atoms with Crippen LogP contribution in [0.5, 0.6) is 0 Å². The Labute approximate surface area is 399 Å². The van der Waals surface area contributed by atoms with Crippen LogP contribution < -0.4 is 26.4 Å². The van der Waals surface area contributed by atoms with Gasteiger partial charge in [-0.2, -0.15) is 132 Å². The Hall–Kier alpha value is -6.74. The molecular formula is C46H26BF24NO2. The van der Waals surface area contributed by atoms with E-state index in [0.717, 1.165) is 5.69 Å². The maximum absolute atomic E-state index is 14.2. The number of hydrogen-bond acceptors (Lipinski definition) is 2. The first-order valence-electron chi connectivity index (χ1n) is 20.1. The quantitative estimate of drug-likeness (QED) is 0.0714. The third-order valence-corrected chi connectivity index (χ3v) is 11.0. The number of aromatic nitrogens is 1. The summed E-state index contributed by atoms with van der Waals surface area (Å²) < 4.78 is 343. The summed E-state index contributed by atoms with van der Waals surface area (Å²) in [5.74, 6) is 0.0384. The third kappa shape index (κ3) is 13.3. The molecule has 1 aromatic heterocycles. The molecule has 6 rings (SSSR count). The number of rotatable bonds is 8. The molecule has 0 bridgehead atoms. The molecule has 0 saturated carbocycles. The molecule has 1 heterocycles. The lowest BCUT2D eigenvalue weighted by Gasteiger charge is -2.46. The molecule has 0 fully saturated rings. The lowest BCUT2D eigenvalue weighted by atomic mass is 9.12. The number of Topliss-reactive ketones (excluding diaryl/α,β-unsaturated/α-hetero) is 1. The Morgan fingerprint density at radius 2 is 0.608 bits per heavy atom. The summed E-state index contributed by atoms with van der Waals surface area (Å²) in [5, 5.41) is 9.17. The fourth-order valence-corrected chi connectivity index (χ4v) is 7.75. The van der Waals surface area contributed by atoms with E-state index in [1.807, 2.05) is 30.3 Å². The fraction of sp³-hybridized carbons (Fsp3) is 0.217. The second-order valence-electron chi connectivity index (χ2n) is 16.0. The van der Waals surface area contributed by atoms with E-state index in [1.54, 1.807) is 29.0 Å². The van der Waals surface area contributed by atoms with Crippen LogP contribution in [0.1, 0.15) is 60.6 Å². The number of benzene rings is 5. The average molecular weight is 1090 g/mol. The molecular weight excluding hydrogens is 1070 g/mol. The van der Waals surface area contributed by atoms with Crippen LogP contribution in [0.4, 0.5) is 105 Å². The first kappa shape index (κ1) is 58.2. The smallest absolute Gasteiger partial charge is 0.385 e. The first-order valence-corrected chi connectivity index (χ1v) is 20.1. The van der Waals surface area contributed by atoms with E-state index >= 15 is 0 Å². The van der Waals surface area contributed by atoms with Gasteiger partial charge in [-0.25, -0.2) is 0 Å². The van der Waals surface area contributed by atoms with Crippen LogP contribution in [0, 0.1) is 0 Å². The van der Waals surface area contributed by atoms with Crippen molar-refractivity contribution in [3.63, 3.8) is 0 Å². The summed E-state index contributed by atoms with van der Waals surface area (Å²) in [4.78, 5) is 12.0. The predicted molar refractivity (Wildman–Crippen MR) is 213 cm³/mol. The van der Waals surface area contributed by atoms with Gasteiger partial charge in [0, 0.05) is 17.7 Å². The second kappa shape index (κ2) is 20.2. The molecule has 3 nitrogen and oxygen atoms in total. The summed E-state index contributed by atoms with van der Waals surface area (Å²) >= 11 is 0. The minimum Gasteiger partial charge on any atom is -0.385 e. The molecule has 0 atom stereocenters. The zero-order chi connectivity index (χ0) is 56.0. The number of pyridine rings is 1. The molecule has 0 radical (unpaired) electrons. The van der Waals surface area contributed by atoms with Crippen LogP contribution in [0.15, 0.2) is 128 Å². The zero-order valence-electron chi connectivity index (χ0n) is 36.0. The highest BCUT2D eigenvalue weighted by atomic mass is 19.4. The monoisotopic (exact) mass is 1090 g/mol. The maximum Gasteiger partial charge on any atom is 0.416 e. The van der Waals surface area contributed by atoms with Gasteiger partial charge >= 0.3 is 49.4 Å². The predicted octanol–water partition coefficient (Wildman–Crippen LogP) is 12.6. The second-order valence-corrected chi connectivity index (χ2v) is 16.0. The molecule has 398 valence electrons. The number of aliphatic hydroxyl groups excluding tert-OH is 1.